The van der Waals surface area contributed by atoms with E-state index < -0.39 is 0 Å². The van der Waals surface area contributed by atoms with Crippen LogP contribution in [0.25, 0.3) is 22.4 Å². The van der Waals surface area contributed by atoms with Gasteiger partial charge in [-0.3, -0.25) is 10.1 Å². The van der Waals surface area contributed by atoms with Crippen molar-refractivity contribution in [1.82, 2.24) is 4.98 Å². The summed E-state index contributed by atoms with van der Waals surface area (Å²) in [7, 11) is 1.61. The van der Waals surface area contributed by atoms with Gasteiger partial charge in [-0.1, -0.05) is 11.6 Å². The van der Waals surface area contributed by atoms with Gasteiger partial charge < -0.3 is 9.15 Å². The van der Waals surface area contributed by atoms with Crippen LogP contribution in [0.3, 0.4) is 0 Å². The van der Waals surface area contributed by atoms with Crippen LogP contribution < -0.4 is 10.1 Å². The summed E-state index contributed by atoms with van der Waals surface area (Å²) in [6.07, 6.45) is 0. The van der Waals surface area contributed by atoms with Gasteiger partial charge in [0.05, 0.1) is 7.11 Å². The number of hydrogen-bond donors (Lipinski definition) is 1. The van der Waals surface area contributed by atoms with Crippen LogP contribution in [0.1, 0.15) is 10.4 Å². The third kappa shape index (κ3) is 3.29. The number of hydrogen-bond acceptors (Lipinski definition) is 5. The van der Waals surface area contributed by atoms with Crippen LogP contribution in [0.15, 0.2) is 58.3 Å². The SMILES string of the molecule is COc1ccc2cc(-c3csc(NC(=O)c4ccc(Cl)cc4)n3)oc2c1. The number of nitrogens with zero attached hydrogens (tertiary/aromatic N) is 1. The van der Waals surface area contributed by atoms with Gasteiger partial charge in [-0.05, 0) is 42.5 Å². The summed E-state index contributed by atoms with van der Waals surface area (Å²) in [6.45, 7) is 0. The van der Waals surface area contributed by atoms with Crippen LogP contribution in [-0.2, 0) is 0 Å². The van der Waals surface area contributed by atoms with Gasteiger partial charge in [0.25, 0.3) is 5.91 Å². The molecular weight excluding hydrogens is 372 g/mol. The molecule has 0 saturated heterocycles. The number of amides is 1. The van der Waals surface area contributed by atoms with Crippen molar-refractivity contribution in [3.8, 4) is 17.2 Å². The predicted molar refractivity (Wildman–Crippen MR) is 103 cm³/mol. The Labute approximate surface area is 158 Å². The van der Waals surface area contributed by atoms with Gasteiger partial charge in [-0.25, -0.2) is 4.98 Å². The number of thiazole rings is 1. The molecule has 130 valence electrons. The Hall–Kier alpha value is -2.83. The molecule has 0 radical (unpaired) electrons. The minimum Gasteiger partial charge on any atom is -0.497 e. The molecule has 5 nitrogen and oxygen atoms in total. The van der Waals surface area contributed by atoms with Crippen LogP contribution in [0.2, 0.25) is 5.02 Å². The fraction of sp³-hybridized carbons (Fsp3) is 0.0526. The lowest BCUT2D eigenvalue weighted by atomic mass is 10.2. The molecule has 0 aliphatic rings. The Balaban J connectivity index is 1.56. The topological polar surface area (TPSA) is 64.4 Å². The summed E-state index contributed by atoms with van der Waals surface area (Å²) in [5.41, 5.74) is 1.90. The predicted octanol–water partition coefficient (Wildman–Crippen LogP) is 5.47. The summed E-state index contributed by atoms with van der Waals surface area (Å²) in [6, 6.07) is 14.2. The van der Waals surface area contributed by atoms with Crippen LogP contribution in [-0.4, -0.2) is 18.0 Å². The number of carbonyl (C=O) groups is 1. The van der Waals surface area contributed by atoms with E-state index in [9.17, 15) is 4.79 Å². The average Bonchev–Trinajstić information content (AvgIpc) is 3.28. The number of aromatic nitrogens is 1. The molecule has 4 rings (SSSR count). The highest BCUT2D eigenvalue weighted by molar-refractivity contribution is 7.14. The lowest BCUT2D eigenvalue weighted by Crippen LogP contribution is -2.11. The van der Waals surface area contributed by atoms with E-state index in [1.807, 2.05) is 29.6 Å². The maximum Gasteiger partial charge on any atom is 0.257 e. The lowest BCUT2D eigenvalue weighted by Gasteiger charge is -2.01. The number of methoxy groups -OCH3 is 1. The summed E-state index contributed by atoms with van der Waals surface area (Å²) in [4.78, 5) is 16.7. The van der Waals surface area contributed by atoms with Crippen molar-refractivity contribution in [3.05, 3.63) is 64.5 Å². The summed E-state index contributed by atoms with van der Waals surface area (Å²) < 4.78 is 11.1. The largest absolute Gasteiger partial charge is 0.497 e. The highest BCUT2D eigenvalue weighted by Crippen LogP contribution is 2.32. The van der Waals surface area contributed by atoms with Crippen molar-refractivity contribution in [2.24, 2.45) is 0 Å². The van der Waals surface area contributed by atoms with E-state index in [0.29, 0.717) is 27.2 Å². The fourth-order valence-electron chi connectivity index (χ4n) is 2.48. The quantitative estimate of drug-likeness (QED) is 0.506. The van der Waals surface area contributed by atoms with E-state index in [2.05, 4.69) is 10.3 Å². The first kappa shape index (κ1) is 16.6. The molecular formula is C19H13ClN2O3S. The molecule has 4 aromatic rings. The van der Waals surface area contributed by atoms with Crippen LogP contribution >= 0.6 is 22.9 Å². The lowest BCUT2D eigenvalue weighted by molar-refractivity contribution is 0.102. The zero-order valence-corrected chi connectivity index (χ0v) is 15.2. The summed E-state index contributed by atoms with van der Waals surface area (Å²) >= 11 is 7.17. The van der Waals surface area contributed by atoms with Gasteiger partial charge >= 0.3 is 0 Å². The number of rotatable bonds is 4. The number of benzene rings is 2. The van der Waals surface area contributed by atoms with E-state index in [4.69, 9.17) is 20.8 Å². The van der Waals surface area contributed by atoms with Crippen LogP contribution in [0.4, 0.5) is 5.13 Å². The number of furan rings is 1. The van der Waals surface area contributed by atoms with Crippen LogP contribution in [0.5, 0.6) is 5.75 Å². The molecule has 0 aliphatic carbocycles. The van der Waals surface area contributed by atoms with Crippen molar-refractivity contribution in [2.45, 2.75) is 0 Å². The van der Waals surface area contributed by atoms with Crippen molar-refractivity contribution < 1.29 is 13.9 Å². The van der Waals surface area contributed by atoms with Crippen molar-refractivity contribution >= 4 is 44.9 Å². The van der Waals surface area contributed by atoms with E-state index in [1.165, 1.54) is 11.3 Å². The minimum absolute atomic E-state index is 0.239. The number of halogens is 1. The standard InChI is InChI=1S/C19H13ClN2O3S/c1-24-14-7-4-12-8-17(25-16(12)9-14)15-10-26-19(21-15)22-18(23)11-2-5-13(20)6-3-11/h2-10H,1H3,(H,21,22,23). The molecule has 2 heterocycles. The fourth-order valence-corrected chi connectivity index (χ4v) is 3.30. The number of nitrogens with one attached hydrogen (secondary N) is 1. The second-order valence-corrected chi connectivity index (χ2v) is 6.81. The van der Waals surface area contributed by atoms with Gasteiger partial charge in [-0.2, -0.15) is 0 Å². The Kier molecular flexibility index (Phi) is 4.36. The molecule has 26 heavy (non-hydrogen) atoms. The highest BCUT2D eigenvalue weighted by atomic mass is 35.5. The molecule has 0 atom stereocenters. The molecule has 0 saturated carbocycles. The van der Waals surface area contributed by atoms with Gasteiger partial charge in [0.15, 0.2) is 10.9 Å². The summed E-state index contributed by atoms with van der Waals surface area (Å²) in [5, 5.41) is 6.66. The first-order chi connectivity index (χ1) is 12.6. The molecule has 0 spiro atoms. The number of fused-ring (bicyclic) bond motifs is 1. The monoisotopic (exact) mass is 384 g/mol. The zero-order valence-electron chi connectivity index (χ0n) is 13.7. The van der Waals surface area contributed by atoms with Gasteiger partial charge in [0, 0.05) is 27.4 Å². The average molecular weight is 385 g/mol. The zero-order chi connectivity index (χ0) is 18.1. The molecule has 2 aromatic carbocycles. The van der Waals surface area contributed by atoms with E-state index in [1.54, 1.807) is 31.4 Å². The number of carbonyl (C=O) groups excluding carboxylic acids is 1. The molecule has 0 fully saturated rings. The van der Waals surface area contributed by atoms with E-state index in [0.717, 1.165) is 16.7 Å². The smallest absolute Gasteiger partial charge is 0.257 e. The van der Waals surface area contributed by atoms with Gasteiger partial charge in [-0.15, -0.1) is 11.3 Å². The molecule has 0 bridgehead atoms. The first-order valence-electron chi connectivity index (χ1n) is 7.73. The van der Waals surface area contributed by atoms with E-state index in [-0.39, 0.29) is 5.91 Å². The molecule has 2 aromatic heterocycles. The molecule has 1 amide bonds. The maximum absolute atomic E-state index is 12.3. The van der Waals surface area contributed by atoms with Crippen LogP contribution in [0, 0.1) is 0 Å². The van der Waals surface area contributed by atoms with Crippen molar-refractivity contribution in [3.63, 3.8) is 0 Å². The Morgan fingerprint density at radius 3 is 2.77 bits per heavy atom. The Morgan fingerprint density at radius 1 is 1.19 bits per heavy atom. The molecule has 1 N–H and O–H groups in total. The number of ether oxygens (including phenoxy) is 1. The normalized spacial score (nSPS) is 10.8. The minimum atomic E-state index is -0.239. The number of anilines is 1. The van der Waals surface area contributed by atoms with E-state index >= 15 is 0 Å². The second-order valence-electron chi connectivity index (χ2n) is 5.51. The van der Waals surface area contributed by atoms with Crippen molar-refractivity contribution in [2.75, 3.05) is 12.4 Å². The Morgan fingerprint density at radius 2 is 2.00 bits per heavy atom. The molecule has 0 aliphatic heterocycles. The molecule has 0 unspecified atom stereocenters. The molecule has 7 heteroatoms. The second kappa shape index (κ2) is 6.82. The Bertz CT molecular complexity index is 1090. The maximum atomic E-state index is 12.3. The van der Waals surface area contributed by atoms with Gasteiger partial charge in [0.2, 0.25) is 0 Å². The first-order valence-corrected chi connectivity index (χ1v) is 8.98. The van der Waals surface area contributed by atoms with Gasteiger partial charge in [0.1, 0.15) is 17.0 Å². The highest BCUT2D eigenvalue weighted by Gasteiger charge is 2.13. The van der Waals surface area contributed by atoms with Crippen molar-refractivity contribution in [1.29, 1.82) is 0 Å². The third-order valence-electron chi connectivity index (χ3n) is 3.81. The summed E-state index contributed by atoms with van der Waals surface area (Å²) in [5.74, 6) is 1.13. The third-order valence-corrected chi connectivity index (χ3v) is 4.82.